The fourth-order valence-electron chi connectivity index (χ4n) is 4.41. The van der Waals surface area contributed by atoms with Gasteiger partial charge in [-0.15, -0.1) is 0 Å². The first-order valence-electron chi connectivity index (χ1n) is 11.9. The summed E-state index contributed by atoms with van der Waals surface area (Å²) in [6.45, 7) is 4.31. The van der Waals surface area contributed by atoms with Crippen LogP contribution in [0.1, 0.15) is 46.0 Å². The summed E-state index contributed by atoms with van der Waals surface area (Å²) in [5.41, 5.74) is 0.914. The molecule has 1 aliphatic rings. The number of benzene rings is 2. The van der Waals surface area contributed by atoms with Gasteiger partial charge in [-0.2, -0.15) is 5.10 Å². The Morgan fingerprint density at radius 1 is 1.11 bits per heavy atom. The molecular formula is C27H30N4O5. The van der Waals surface area contributed by atoms with Gasteiger partial charge in [0.2, 0.25) is 5.91 Å². The number of rotatable bonds is 9. The summed E-state index contributed by atoms with van der Waals surface area (Å²) in [6, 6.07) is 18.6. The lowest BCUT2D eigenvalue weighted by Crippen LogP contribution is -2.64. The summed E-state index contributed by atoms with van der Waals surface area (Å²) in [5.74, 6) is -0.579. The second kappa shape index (κ2) is 10.6. The first-order chi connectivity index (χ1) is 17.4. The van der Waals surface area contributed by atoms with Gasteiger partial charge in [-0.3, -0.25) is 14.3 Å². The Balaban J connectivity index is 1.64. The average molecular weight is 491 g/mol. The standard InChI is InChI=1S/C27H30N4O5/c1-4-36-25(33)21-16-22-24(32)30(15-14-20-12-8-9-13-23(20)35-3)27(2,18-31(22)29-21)26(34)28-17-19-10-6-5-7-11-19/h5-13,16H,4,14-15,17-18H2,1-3H3,(H,28,34)/t27-/m0/s1. The Morgan fingerprint density at radius 3 is 2.56 bits per heavy atom. The normalized spacial score (nSPS) is 16.9. The fraction of sp³-hybridized carbons (Fsp3) is 0.333. The number of hydrogen-bond acceptors (Lipinski definition) is 6. The van der Waals surface area contributed by atoms with E-state index < -0.39 is 11.5 Å². The number of esters is 1. The third-order valence-electron chi connectivity index (χ3n) is 6.36. The molecule has 0 fully saturated rings. The smallest absolute Gasteiger partial charge is 0.358 e. The van der Waals surface area contributed by atoms with Gasteiger partial charge in [-0.05, 0) is 37.5 Å². The molecule has 1 N–H and O–H groups in total. The van der Waals surface area contributed by atoms with Crippen molar-refractivity contribution in [3.05, 3.63) is 83.2 Å². The highest BCUT2D eigenvalue weighted by Crippen LogP contribution is 2.29. The Labute approximate surface area is 210 Å². The van der Waals surface area contributed by atoms with Crippen LogP contribution in [0.2, 0.25) is 0 Å². The number of methoxy groups -OCH3 is 1. The minimum atomic E-state index is -1.24. The lowest BCUT2D eigenvalue weighted by atomic mass is 9.94. The van der Waals surface area contributed by atoms with Crippen molar-refractivity contribution in [2.24, 2.45) is 0 Å². The summed E-state index contributed by atoms with van der Waals surface area (Å²) in [6.07, 6.45) is 0.482. The molecule has 36 heavy (non-hydrogen) atoms. The van der Waals surface area contributed by atoms with Crippen LogP contribution in [0.3, 0.4) is 0 Å². The maximum atomic E-state index is 13.7. The summed E-state index contributed by atoms with van der Waals surface area (Å²) in [5, 5.41) is 7.26. The minimum absolute atomic E-state index is 0.0406. The molecule has 0 spiro atoms. The number of para-hydroxylation sites is 1. The van der Waals surface area contributed by atoms with Gasteiger partial charge in [0.15, 0.2) is 5.69 Å². The average Bonchev–Trinajstić information content (AvgIpc) is 3.32. The maximum absolute atomic E-state index is 13.7. The molecule has 3 aromatic rings. The predicted molar refractivity (Wildman–Crippen MR) is 133 cm³/mol. The topological polar surface area (TPSA) is 103 Å². The molecule has 9 nitrogen and oxygen atoms in total. The number of carbonyl (C=O) groups excluding carboxylic acids is 3. The molecule has 4 rings (SSSR count). The highest BCUT2D eigenvalue weighted by Gasteiger charge is 2.48. The largest absolute Gasteiger partial charge is 0.496 e. The predicted octanol–water partition coefficient (Wildman–Crippen LogP) is 2.84. The quantitative estimate of drug-likeness (QED) is 0.463. The number of carbonyl (C=O) groups is 3. The molecule has 2 aromatic carbocycles. The maximum Gasteiger partial charge on any atom is 0.358 e. The molecule has 188 valence electrons. The number of fused-ring (bicyclic) bond motifs is 1. The number of hydrogen-bond donors (Lipinski definition) is 1. The molecule has 0 bridgehead atoms. The van der Waals surface area contributed by atoms with Crippen molar-refractivity contribution in [3.8, 4) is 5.75 Å². The molecule has 1 atom stereocenters. The van der Waals surface area contributed by atoms with Crippen LogP contribution in [-0.4, -0.2) is 58.3 Å². The van der Waals surface area contributed by atoms with Gasteiger partial charge in [0.05, 0.1) is 20.3 Å². The summed E-state index contributed by atoms with van der Waals surface area (Å²) < 4.78 is 11.9. The van der Waals surface area contributed by atoms with Crippen molar-refractivity contribution < 1.29 is 23.9 Å². The second-order valence-corrected chi connectivity index (χ2v) is 8.75. The Hall–Kier alpha value is -4.14. The van der Waals surface area contributed by atoms with Crippen LogP contribution in [0.25, 0.3) is 0 Å². The van der Waals surface area contributed by atoms with Gasteiger partial charge < -0.3 is 19.7 Å². The highest BCUT2D eigenvalue weighted by molar-refractivity contribution is 6.01. The lowest BCUT2D eigenvalue weighted by Gasteiger charge is -2.43. The zero-order valence-corrected chi connectivity index (χ0v) is 20.7. The van der Waals surface area contributed by atoms with E-state index in [-0.39, 0.29) is 42.9 Å². The van der Waals surface area contributed by atoms with E-state index in [1.165, 1.54) is 10.7 Å². The van der Waals surface area contributed by atoms with E-state index in [2.05, 4.69) is 10.4 Å². The first-order valence-corrected chi connectivity index (χ1v) is 11.9. The van der Waals surface area contributed by atoms with Crippen LogP contribution >= 0.6 is 0 Å². The van der Waals surface area contributed by atoms with Gasteiger partial charge in [0.25, 0.3) is 5.91 Å². The SMILES string of the molecule is CCOC(=O)c1cc2n(n1)C[C@@](C)(C(=O)NCc1ccccc1)N(CCc1ccccc1OC)C2=O. The molecule has 0 radical (unpaired) electrons. The fourth-order valence-corrected chi connectivity index (χ4v) is 4.41. The van der Waals surface area contributed by atoms with E-state index in [0.29, 0.717) is 18.7 Å². The Kier molecular flexibility index (Phi) is 7.38. The zero-order valence-electron chi connectivity index (χ0n) is 20.7. The van der Waals surface area contributed by atoms with Crippen LogP contribution in [0.5, 0.6) is 5.75 Å². The van der Waals surface area contributed by atoms with Gasteiger partial charge in [-0.1, -0.05) is 48.5 Å². The molecule has 0 aliphatic carbocycles. The second-order valence-electron chi connectivity index (χ2n) is 8.75. The van der Waals surface area contributed by atoms with Crippen molar-refractivity contribution >= 4 is 17.8 Å². The van der Waals surface area contributed by atoms with E-state index in [0.717, 1.165) is 11.1 Å². The zero-order chi connectivity index (χ0) is 25.7. The Bertz CT molecular complexity index is 1260. The van der Waals surface area contributed by atoms with Crippen LogP contribution in [-0.2, 0) is 29.0 Å². The van der Waals surface area contributed by atoms with Crippen LogP contribution in [0.15, 0.2) is 60.7 Å². The molecule has 2 amide bonds. The molecule has 1 aromatic heterocycles. The van der Waals surface area contributed by atoms with E-state index in [1.54, 1.807) is 25.9 Å². The number of ether oxygens (including phenoxy) is 2. The van der Waals surface area contributed by atoms with Gasteiger partial charge in [0.1, 0.15) is 17.0 Å². The molecule has 0 saturated heterocycles. The van der Waals surface area contributed by atoms with Crippen LogP contribution in [0, 0.1) is 0 Å². The van der Waals surface area contributed by atoms with E-state index >= 15 is 0 Å². The number of nitrogens with one attached hydrogen (secondary N) is 1. The number of amides is 2. The van der Waals surface area contributed by atoms with Crippen molar-refractivity contribution in [2.75, 3.05) is 20.3 Å². The summed E-state index contributed by atoms with van der Waals surface area (Å²) in [7, 11) is 1.60. The van der Waals surface area contributed by atoms with Crippen molar-refractivity contribution in [1.29, 1.82) is 0 Å². The highest BCUT2D eigenvalue weighted by atomic mass is 16.5. The van der Waals surface area contributed by atoms with Gasteiger partial charge in [-0.25, -0.2) is 4.79 Å². The van der Waals surface area contributed by atoms with Crippen LogP contribution < -0.4 is 10.1 Å². The first kappa shape index (κ1) is 25.0. The van der Waals surface area contributed by atoms with E-state index in [1.807, 2.05) is 54.6 Å². The van der Waals surface area contributed by atoms with E-state index in [9.17, 15) is 14.4 Å². The van der Waals surface area contributed by atoms with Crippen LogP contribution in [0.4, 0.5) is 0 Å². The third kappa shape index (κ3) is 4.95. The van der Waals surface area contributed by atoms with Gasteiger partial charge >= 0.3 is 5.97 Å². The molecule has 0 saturated carbocycles. The molecule has 9 heteroatoms. The number of nitrogens with zero attached hydrogens (tertiary/aromatic N) is 3. The molecular weight excluding hydrogens is 460 g/mol. The third-order valence-corrected chi connectivity index (χ3v) is 6.36. The number of aromatic nitrogens is 2. The van der Waals surface area contributed by atoms with Gasteiger partial charge in [0, 0.05) is 19.2 Å². The van der Waals surface area contributed by atoms with Crippen molar-refractivity contribution in [2.45, 2.75) is 38.9 Å². The molecule has 2 heterocycles. The van der Waals surface area contributed by atoms with Crippen molar-refractivity contribution in [1.82, 2.24) is 20.0 Å². The molecule has 0 unspecified atom stereocenters. The molecule has 1 aliphatic heterocycles. The Morgan fingerprint density at radius 2 is 1.83 bits per heavy atom. The lowest BCUT2D eigenvalue weighted by molar-refractivity contribution is -0.133. The summed E-state index contributed by atoms with van der Waals surface area (Å²) in [4.78, 5) is 41.1. The van der Waals surface area contributed by atoms with E-state index in [4.69, 9.17) is 9.47 Å². The van der Waals surface area contributed by atoms with Crippen molar-refractivity contribution in [3.63, 3.8) is 0 Å². The summed E-state index contributed by atoms with van der Waals surface area (Å²) >= 11 is 0. The minimum Gasteiger partial charge on any atom is -0.496 e. The monoisotopic (exact) mass is 490 g/mol.